The molecular weight excluding hydrogens is 532 g/mol. The lowest BCUT2D eigenvalue weighted by molar-refractivity contribution is -0.138. The summed E-state index contributed by atoms with van der Waals surface area (Å²) in [6, 6.07) is 0.183. The van der Waals surface area contributed by atoms with Gasteiger partial charge in [0.25, 0.3) is 0 Å². The number of hydrogen-bond acceptors (Lipinski definition) is 8. The molecule has 0 bridgehead atoms. The zero-order chi connectivity index (χ0) is 30.7. The smallest absolute Gasteiger partial charge is 0.223 e. The first-order valence-corrected chi connectivity index (χ1v) is 15.7. The summed E-state index contributed by atoms with van der Waals surface area (Å²) in [6.45, 7) is 16.7. The lowest BCUT2D eigenvalue weighted by Gasteiger charge is -2.42. The second-order valence-corrected chi connectivity index (χ2v) is 13.0. The maximum absolute atomic E-state index is 12.2. The highest BCUT2D eigenvalue weighted by Crippen LogP contribution is 2.34. The molecule has 2 N–H and O–H groups in total. The first kappa shape index (κ1) is 38.2. The fourth-order valence-electron chi connectivity index (χ4n) is 3.78. The van der Waals surface area contributed by atoms with E-state index in [9.17, 15) is 24.0 Å². The van der Waals surface area contributed by atoms with Crippen molar-refractivity contribution in [2.24, 2.45) is 11.8 Å². The highest BCUT2D eigenvalue weighted by molar-refractivity contribution is 7.99. The van der Waals surface area contributed by atoms with Gasteiger partial charge < -0.3 is 20.1 Å². The Bertz CT molecular complexity index is 795. The number of hydrogen-bond donors (Lipinski definition) is 2. The summed E-state index contributed by atoms with van der Waals surface area (Å²) in [6.07, 6.45) is 3.83. The number of Topliss-reactive ketones (excluding diaryl/α,β-unsaturated/α-hetero) is 3. The van der Waals surface area contributed by atoms with Crippen LogP contribution in [0.5, 0.6) is 0 Å². The van der Waals surface area contributed by atoms with Gasteiger partial charge in [0.2, 0.25) is 11.8 Å². The molecule has 0 saturated heterocycles. The number of carbonyl (C=O) groups is 5. The lowest BCUT2D eigenvalue weighted by Crippen LogP contribution is -2.60. The van der Waals surface area contributed by atoms with Gasteiger partial charge in [0, 0.05) is 49.3 Å². The van der Waals surface area contributed by atoms with Crippen molar-refractivity contribution in [3.8, 4) is 0 Å². The molecule has 0 aromatic carbocycles. The van der Waals surface area contributed by atoms with Gasteiger partial charge in [-0.15, -0.1) is 0 Å². The van der Waals surface area contributed by atoms with Crippen LogP contribution in [-0.2, 0) is 33.4 Å². The van der Waals surface area contributed by atoms with Crippen LogP contribution in [-0.4, -0.2) is 78.2 Å². The van der Waals surface area contributed by atoms with Gasteiger partial charge in [0.1, 0.15) is 11.6 Å². The Morgan fingerprint density at radius 3 is 1.73 bits per heavy atom. The summed E-state index contributed by atoms with van der Waals surface area (Å²) in [5, 5.41) is 6.40. The number of thioether (sulfide) groups is 1. The Hall–Kier alpha value is -1.78. The standard InChI is InChI=1S/C17H29NO4.C13H25NO3S/c1-12(2)14(19)6-10-22-11-7-15(20)18-17(8-5-9-17)16(21)13(3)4;1-10(2)18-9-11(3)14-13(16)6-8-17-7-5-12(4)15/h12-13H,5-11H2,1-4H3,(H,18,20);10-11H,5-9H2,1-4H3,(H,14,16). The second kappa shape index (κ2) is 21.0. The third-order valence-electron chi connectivity index (χ3n) is 6.35. The van der Waals surface area contributed by atoms with Gasteiger partial charge in [-0.25, -0.2) is 0 Å². The molecule has 40 heavy (non-hydrogen) atoms. The molecule has 0 aromatic heterocycles. The van der Waals surface area contributed by atoms with E-state index in [1.165, 1.54) is 6.92 Å². The summed E-state index contributed by atoms with van der Waals surface area (Å²) in [5.74, 6) is 1.13. The molecule has 0 radical (unpaired) electrons. The molecule has 0 heterocycles. The molecule has 0 aromatic rings. The summed E-state index contributed by atoms with van der Waals surface area (Å²) >= 11 is 1.83. The molecule has 0 spiro atoms. The number of carbonyl (C=O) groups excluding carboxylic acids is 5. The zero-order valence-corrected chi connectivity index (χ0v) is 26.9. The summed E-state index contributed by atoms with van der Waals surface area (Å²) in [4.78, 5) is 57.8. The molecule has 1 atom stereocenters. The average molecular weight is 587 g/mol. The molecule has 1 aliphatic rings. The quantitative estimate of drug-likeness (QED) is 0.202. The minimum atomic E-state index is -0.640. The molecule has 1 saturated carbocycles. The molecule has 1 aliphatic carbocycles. The van der Waals surface area contributed by atoms with Crippen molar-refractivity contribution in [3.63, 3.8) is 0 Å². The van der Waals surface area contributed by atoms with Crippen molar-refractivity contribution in [1.82, 2.24) is 10.6 Å². The van der Waals surface area contributed by atoms with Crippen LogP contribution in [0, 0.1) is 11.8 Å². The van der Waals surface area contributed by atoms with Crippen LogP contribution >= 0.6 is 11.8 Å². The molecule has 2 amide bonds. The fourth-order valence-corrected chi connectivity index (χ4v) is 4.54. The van der Waals surface area contributed by atoms with Gasteiger partial charge in [-0.1, -0.05) is 41.5 Å². The van der Waals surface area contributed by atoms with Crippen molar-refractivity contribution in [1.29, 1.82) is 0 Å². The van der Waals surface area contributed by atoms with E-state index in [1.54, 1.807) is 0 Å². The lowest BCUT2D eigenvalue weighted by atomic mass is 9.70. The number of ether oxygens (including phenoxy) is 2. The molecular formula is C30H54N2O7S. The highest BCUT2D eigenvalue weighted by Gasteiger charge is 2.45. The SMILES string of the molecule is CC(=O)CCOCCC(=O)NC(C)CSC(C)C.CC(C)C(=O)CCOCCC(=O)NC1(C(=O)C(C)C)CCC1. The minimum absolute atomic E-state index is 0.00896. The van der Waals surface area contributed by atoms with Crippen LogP contribution in [0.25, 0.3) is 0 Å². The number of amides is 2. The van der Waals surface area contributed by atoms with Crippen LogP contribution < -0.4 is 10.6 Å². The van der Waals surface area contributed by atoms with E-state index < -0.39 is 5.54 Å². The fraction of sp³-hybridized carbons (Fsp3) is 0.833. The number of ketones is 3. The van der Waals surface area contributed by atoms with Crippen LogP contribution in [0.2, 0.25) is 0 Å². The van der Waals surface area contributed by atoms with Gasteiger partial charge in [-0.2, -0.15) is 11.8 Å². The second-order valence-electron chi connectivity index (χ2n) is 11.4. The molecule has 232 valence electrons. The average Bonchev–Trinajstić information content (AvgIpc) is 2.84. The first-order valence-electron chi connectivity index (χ1n) is 14.6. The van der Waals surface area contributed by atoms with Crippen molar-refractivity contribution in [2.75, 3.05) is 32.2 Å². The maximum Gasteiger partial charge on any atom is 0.223 e. The van der Waals surface area contributed by atoms with Crippen molar-refractivity contribution >= 4 is 40.9 Å². The monoisotopic (exact) mass is 586 g/mol. The van der Waals surface area contributed by atoms with E-state index in [2.05, 4.69) is 24.5 Å². The van der Waals surface area contributed by atoms with Crippen molar-refractivity contribution in [2.45, 2.75) is 117 Å². The third-order valence-corrected chi connectivity index (χ3v) is 7.71. The number of nitrogens with one attached hydrogen (secondary N) is 2. The topological polar surface area (TPSA) is 128 Å². The first-order chi connectivity index (χ1) is 18.7. The Morgan fingerprint density at radius 1 is 0.750 bits per heavy atom. The van der Waals surface area contributed by atoms with E-state index in [0.29, 0.717) is 44.3 Å². The van der Waals surface area contributed by atoms with E-state index in [-0.39, 0.29) is 60.1 Å². The predicted molar refractivity (Wildman–Crippen MR) is 160 cm³/mol. The molecule has 0 aliphatic heterocycles. The molecule has 9 nitrogen and oxygen atoms in total. The van der Waals surface area contributed by atoms with Gasteiger partial charge >= 0.3 is 0 Å². The maximum atomic E-state index is 12.2. The van der Waals surface area contributed by atoms with Crippen molar-refractivity contribution < 1.29 is 33.4 Å². The molecule has 1 unspecified atom stereocenters. The minimum Gasteiger partial charge on any atom is -0.380 e. The van der Waals surface area contributed by atoms with Gasteiger partial charge in [-0.3, -0.25) is 24.0 Å². The summed E-state index contributed by atoms with van der Waals surface area (Å²) < 4.78 is 10.5. The van der Waals surface area contributed by atoms with E-state index in [4.69, 9.17) is 9.47 Å². The van der Waals surface area contributed by atoms with E-state index in [1.807, 2.05) is 46.4 Å². The third kappa shape index (κ3) is 17.8. The molecule has 1 rings (SSSR count). The predicted octanol–water partition coefficient (Wildman–Crippen LogP) is 4.29. The number of rotatable bonds is 20. The van der Waals surface area contributed by atoms with Gasteiger partial charge in [0.05, 0.1) is 32.0 Å². The highest BCUT2D eigenvalue weighted by atomic mass is 32.2. The summed E-state index contributed by atoms with van der Waals surface area (Å²) in [5.41, 5.74) is -0.640. The Kier molecular flexibility index (Phi) is 20.1. The van der Waals surface area contributed by atoms with Crippen LogP contribution in [0.1, 0.15) is 100 Å². The van der Waals surface area contributed by atoms with Gasteiger partial charge in [0.15, 0.2) is 5.78 Å². The Labute approximate surface area is 246 Å². The van der Waals surface area contributed by atoms with Gasteiger partial charge in [-0.05, 0) is 38.4 Å². The Morgan fingerprint density at radius 2 is 1.27 bits per heavy atom. The zero-order valence-electron chi connectivity index (χ0n) is 26.1. The van der Waals surface area contributed by atoms with Crippen LogP contribution in [0.15, 0.2) is 0 Å². The summed E-state index contributed by atoms with van der Waals surface area (Å²) in [7, 11) is 0. The van der Waals surface area contributed by atoms with E-state index in [0.717, 1.165) is 25.0 Å². The Balaban J connectivity index is 0.000000778. The van der Waals surface area contributed by atoms with E-state index >= 15 is 0 Å². The molecule has 10 heteroatoms. The van der Waals surface area contributed by atoms with Crippen LogP contribution in [0.4, 0.5) is 0 Å². The molecule has 1 fully saturated rings. The normalized spacial score (nSPS) is 14.7. The largest absolute Gasteiger partial charge is 0.380 e. The van der Waals surface area contributed by atoms with Crippen molar-refractivity contribution in [3.05, 3.63) is 0 Å². The van der Waals surface area contributed by atoms with Crippen LogP contribution in [0.3, 0.4) is 0 Å².